The van der Waals surface area contributed by atoms with Crippen molar-refractivity contribution in [3.05, 3.63) is 18.2 Å². The molecule has 2 aromatic rings. The molecule has 0 saturated heterocycles. The Kier molecular flexibility index (Phi) is 8.58. The number of rotatable bonds is 3. The van der Waals surface area contributed by atoms with Crippen molar-refractivity contribution in [2.45, 2.75) is 27.7 Å². The summed E-state index contributed by atoms with van der Waals surface area (Å²) in [6.07, 6.45) is 0. The molecule has 20 heavy (non-hydrogen) atoms. The van der Waals surface area contributed by atoms with Crippen LogP contribution in [0, 0.1) is 0 Å². The van der Waals surface area contributed by atoms with Gasteiger partial charge in [0.1, 0.15) is 11.5 Å². The van der Waals surface area contributed by atoms with E-state index in [1.165, 1.54) is 0 Å². The number of nitrogens with zero attached hydrogens (tertiary/aromatic N) is 2. The van der Waals surface area contributed by atoms with E-state index in [0.717, 1.165) is 5.56 Å². The van der Waals surface area contributed by atoms with E-state index in [2.05, 4.69) is 15.2 Å². The van der Waals surface area contributed by atoms with Gasteiger partial charge in [-0.25, -0.2) is 0 Å². The Morgan fingerprint density at radius 3 is 1.80 bits per heavy atom. The molecule has 2 rings (SSSR count). The fourth-order valence-corrected chi connectivity index (χ4v) is 1.35. The number of ether oxygens (including phenoxy) is 2. The Hall–Kier alpha value is -2.24. The van der Waals surface area contributed by atoms with E-state index in [-0.39, 0.29) is 5.95 Å². The fraction of sp³-hybridized carbons (Fsp3) is 0.429. The molecule has 0 aliphatic heterocycles. The van der Waals surface area contributed by atoms with Gasteiger partial charge in [0, 0.05) is 11.6 Å². The first-order valence-electron chi connectivity index (χ1n) is 6.64. The number of nitrogens with two attached hydrogens (primary N) is 1. The second-order valence-electron chi connectivity index (χ2n) is 3.14. The molecule has 6 nitrogen and oxygen atoms in total. The number of H-pyrrole nitrogens is 1. The molecule has 0 spiro atoms. The van der Waals surface area contributed by atoms with Gasteiger partial charge in [-0.1, -0.05) is 27.7 Å². The molecular weight excluding hydrogens is 256 g/mol. The Labute approximate surface area is 120 Å². The van der Waals surface area contributed by atoms with E-state index >= 15 is 0 Å². The first-order valence-corrected chi connectivity index (χ1v) is 6.64. The molecule has 112 valence electrons. The predicted octanol–water partition coefficient (Wildman–Crippen LogP) is 3.12. The normalized spacial score (nSPS) is 8.70. The summed E-state index contributed by atoms with van der Waals surface area (Å²) in [5.74, 6) is 2.15. The number of methoxy groups -OCH3 is 2. The van der Waals surface area contributed by atoms with Crippen molar-refractivity contribution in [3.8, 4) is 22.9 Å². The van der Waals surface area contributed by atoms with Crippen molar-refractivity contribution < 1.29 is 9.47 Å². The summed E-state index contributed by atoms with van der Waals surface area (Å²) in [7, 11) is 3.18. The van der Waals surface area contributed by atoms with Gasteiger partial charge < -0.3 is 15.2 Å². The van der Waals surface area contributed by atoms with Gasteiger partial charge in [-0.3, -0.25) is 5.10 Å². The minimum atomic E-state index is 0.205. The van der Waals surface area contributed by atoms with Crippen LogP contribution >= 0.6 is 0 Å². The monoisotopic (exact) mass is 280 g/mol. The van der Waals surface area contributed by atoms with Crippen LogP contribution in [-0.2, 0) is 0 Å². The zero-order chi connectivity index (χ0) is 15.5. The van der Waals surface area contributed by atoms with Crippen LogP contribution in [-0.4, -0.2) is 29.4 Å². The molecule has 0 fully saturated rings. The van der Waals surface area contributed by atoms with Gasteiger partial charge in [-0.2, -0.15) is 4.98 Å². The Balaban J connectivity index is 0.000000829. The number of anilines is 1. The lowest BCUT2D eigenvalue weighted by atomic mass is 10.2. The van der Waals surface area contributed by atoms with E-state index in [4.69, 9.17) is 15.2 Å². The van der Waals surface area contributed by atoms with Crippen LogP contribution in [0.2, 0.25) is 0 Å². The number of nitrogen functional groups attached to an aromatic ring is 1. The van der Waals surface area contributed by atoms with Crippen LogP contribution in [0.25, 0.3) is 11.4 Å². The number of hydrogen-bond donors (Lipinski definition) is 2. The van der Waals surface area contributed by atoms with Gasteiger partial charge in [-0.15, -0.1) is 5.10 Å². The third-order valence-corrected chi connectivity index (χ3v) is 2.13. The topological polar surface area (TPSA) is 86.1 Å². The zero-order valence-electron chi connectivity index (χ0n) is 13.0. The first kappa shape index (κ1) is 17.8. The number of aromatic nitrogens is 3. The Morgan fingerprint density at radius 1 is 0.950 bits per heavy atom. The minimum Gasteiger partial charge on any atom is -0.497 e. The van der Waals surface area contributed by atoms with Crippen molar-refractivity contribution in [2.24, 2.45) is 0 Å². The van der Waals surface area contributed by atoms with Gasteiger partial charge in [-0.05, 0) is 12.1 Å². The summed E-state index contributed by atoms with van der Waals surface area (Å²) in [5.41, 5.74) is 6.25. The third kappa shape index (κ3) is 4.79. The highest BCUT2D eigenvalue weighted by atomic mass is 16.5. The summed E-state index contributed by atoms with van der Waals surface area (Å²) in [6, 6.07) is 5.42. The average Bonchev–Trinajstić information content (AvgIpc) is 2.97. The van der Waals surface area contributed by atoms with Crippen LogP contribution in [0.15, 0.2) is 18.2 Å². The fourth-order valence-electron chi connectivity index (χ4n) is 1.35. The molecule has 0 radical (unpaired) electrons. The highest BCUT2D eigenvalue weighted by Gasteiger charge is 2.07. The summed E-state index contributed by atoms with van der Waals surface area (Å²) in [6.45, 7) is 8.00. The minimum absolute atomic E-state index is 0.205. The van der Waals surface area contributed by atoms with E-state index in [9.17, 15) is 0 Å². The van der Waals surface area contributed by atoms with Gasteiger partial charge in [0.25, 0.3) is 0 Å². The van der Waals surface area contributed by atoms with Gasteiger partial charge in [0.05, 0.1) is 14.2 Å². The maximum atomic E-state index is 5.44. The average molecular weight is 280 g/mol. The third-order valence-electron chi connectivity index (χ3n) is 2.13. The molecule has 3 N–H and O–H groups in total. The van der Waals surface area contributed by atoms with E-state index in [0.29, 0.717) is 17.3 Å². The second-order valence-corrected chi connectivity index (χ2v) is 3.14. The predicted molar refractivity (Wildman–Crippen MR) is 82.0 cm³/mol. The molecular formula is C14H24N4O2. The largest absolute Gasteiger partial charge is 0.497 e. The molecule has 0 saturated carbocycles. The molecule has 0 bridgehead atoms. The molecule has 1 heterocycles. The van der Waals surface area contributed by atoms with Crippen LogP contribution < -0.4 is 15.2 Å². The molecule has 0 unspecified atom stereocenters. The first-order chi connectivity index (χ1) is 9.72. The lowest BCUT2D eigenvalue weighted by molar-refractivity contribution is 0.394. The number of aromatic amines is 1. The van der Waals surface area contributed by atoms with E-state index in [1.54, 1.807) is 20.3 Å². The van der Waals surface area contributed by atoms with Crippen molar-refractivity contribution in [1.29, 1.82) is 0 Å². The Bertz CT molecular complexity index is 475. The molecule has 1 aromatic carbocycles. The van der Waals surface area contributed by atoms with Crippen molar-refractivity contribution in [2.75, 3.05) is 20.0 Å². The van der Waals surface area contributed by atoms with Crippen LogP contribution in [0.1, 0.15) is 27.7 Å². The van der Waals surface area contributed by atoms with Gasteiger partial charge in [0.2, 0.25) is 5.95 Å². The summed E-state index contributed by atoms with van der Waals surface area (Å²) in [4.78, 5) is 4.03. The standard InChI is InChI=1S/C10H12N4O2.2C2H6/c1-15-7-3-6(4-8(5-7)16-2)9-12-10(11)14-13-9;2*1-2/h3-5H,1-2H3,(H3,11,12,13,14);2*1-2H3. The molecule has 6 heteroatoms. The number of nitrogens with one attached hydrogen (secondary N) is 1. The smallest absolute Gasteiger partial charge is 0.239 e. The number of hydrogen-bond acceptors (Lipinski definition) is 5. The lowest BCUT2D eigenvalue weighted by Gasteiger charge is -2.06. The maximum Gasteiger partial charge on any atom is 0.239 e. The quantitative estimate of drug-likeness (QED) is 0.902. The van der Waals surface area contributed by atoms with Crippen molar-refractivity contribution in [1.82, 2.24) is 15.2 Å². The van der Waals surface area contributed by atoms with Gasteiger partial charge >= 0.3 is 0 Å². The molecule has 1 aromatic heterocycles. The van der Waals surface area contributed by atoms with Gasteiger partial charge in [0.15, 0.2) is 5.82 Å². The lowest BCUT2D eigenvalue weighted by Crippen LogP contribution is -1.90. The summed E-state index contributed by atoms with van der Waals surface area (Å²) < 4.78 is 10.3. The van der Waals surface area contributed by atoms with Crippen molar-refractivity contribution in [3.63, 3.8) is 0 Å². The van der Waals surface area contributed by atoms with E-state index in [1.807, 2.05) is 39.8 Å². The number of benzene rings is 1. The molecule has 0 aliphatic rings. The summed E-state index contributed by atoms with van der Waals surface area (Å²) in [5, 5.41) is 6.49. The zero-order valence-corrected chi connectivity index (χ0v) is 13.0. The second kappa shape index (κ2) is 9.66. The SMILES string of the molecule is CC.CC.COc1cc(OC)cc(-c2nc(N)n[nH]2)c1. The van der Waals surface area contributed by atoms with E-state index < -0.39 is 0 Å². The van der Waals surface area contributed by atoms with Crippen LogP contribution in [0.4, 0.5) is 5.95 Å². The highest BCUT2D eigenvalue weighted by Crippen LogP contribution is 2.27. The maximum absolute atomic E-state index is 5.44. The summed E-state index contributed by atoms with van der Waals surface area (Å²) >= 11 is 0. The van der Waals surface area contributed by atoms with Crippen molar-refractivity contribution >= 4 is 5.95 Å². The Morgan fingerprint density at radius 2 is 1.45 bits per heavy atom. The van der Waals surface area contributed by atoms with Crippen LogP contribution in [0.3, 0.4) is 0 Å². The van der Waals surface area contributed by atoms with Crippen LogP contribution in [0.5, 0.6) is 11.5 Å². The highest BCUT2D eigenvalue weighted by molar-refractivity contribution is 5.61. The molecule has 0 amide bonds. The molecule has 0 atom stereocenters. The molecule has 0 aliphatic carbocycles.